The quantitative estimate of drug-likeness (QED) is 0.691. The maximum atomic E-state index is 12.2. The van der Waals surface area contributed by atoms with Crippen LogP contribution in [0.2, 0.25) is 0 Å². The summed E-state index contributed by atoms with van der Waals surface area (Å²) in [7, 11) is 1.73. The molecule has 5 heteroatoms. The SMILES string of the molecule is CN(CCOCC1CC1)C(=O)CC1(C(=O)O)CCCC1. The van der Waals surface area contributed by atoms with Crippen molar-refractivity contribution in [2.24, 2.45) is 11.3 Å². The number of nitrogens with zero attached hydrogens (tertiary/aromatic N) is 1. The Kier molecular flexibility index (Phi) is 5.02. The average Bonchev–Trinajstić information content (AvgIpc) is 3.11. The van der Waals surface area contributed by atoms with Gasteiger partial charge in [0.25, 0.3) is 0 Å². The first kappa shape index (κ1) is 15.3. The largest absolute Gasteiger partial charge is 0.481 e. The highest BCUT2D eigenvalue weighted by atomic mass is 16.5. The standard InChI is InChI=1S/C15H25NO4/c1-16(8-9-20-11-12-4-5-12)13(17)10-15(14(18)19)6-2-3-7-15/h12H,2-11H2,1H3,(H,18,19). The lowest BCUT2D eigenvalue weighted by atomic mass is 9.82. The van der Waals surface area contributed by atoms with Gasteiger partial charge in [0.2, 0.25) is 5.91 Å². The van der Waals surface area contributed by atoms with E-state index < -0.39 is 11.4 Å². The van der Waals surface area contributed by atoms with Crippen molar-refractivity contribution in [3.8, 4) is 0 Å². The maximum absolute atomic E-state index is 12.2. The zero-order valence-corrected chi connectivity index (χ0v) is 12.3. The van der Waals surface area contributed by atoms with Crippen LogP contribution in [0.4, 0.5) is 0 Å². The van der Waals surface area contributed by atoms with Crippen LogP contribution in [0.3, 0.4) is 0 Å². The van der Waals surface area contributed by atoms with Gasteiger partial charge in [-0.2, -0.15) is 0 Å². The van der Waals surface area contributed by atoms with Crippen LogP contribution in [0, 0.1) is 11.3 Å². The number of amides is 1. The minimum absolute atomic E-state index is 0.0793. The van der Waals surface area contributed by atoms with E-state index in [9.17, 15) is 14.7 Å². The van der Waals surface area contributed by atoms with Crippen LogP contribution in [0.5, 0.6) is 0 Å². The number of rotatable bonds is 8. The highest BCUT2D eigenvalue weighted by Crippen LogP contribution is 2.41. The van der Waals surface area contributed by atoms with E-state index in [2.05, 4.69) is 0 Å². The number of carbonyl (C=O) groups is 2. The van der Waals surface area contributed by atoms with Crippen molar-refractivity contribution in [1.29, 1.82) is 0 Å². The summed E-state index contributed by atoms with van der Waals surface area (Å²) >= 11 is 0. The molecule has 2 aliphatic rings. The Balaban J connectivity index is 1.72. The summed E-state index contributed by atoms with van der Waals surface area (Å²) in [5, 5.41) is 9.38. The van der Waals surface area contributed by atoms with Gasteiger partial charge < -0.3 is 14.7 Å². The van der Waals surface area contributed by atoms with Crippen LogP contribution in [-0.4, -0.2) is 48.7 Å². The predicted molar refractivity (Wildman–Crippen MR) is 74.3 cm³/mol. The van der Waals surface area contributed by atoms with Crippen molar-refractivity contribution >= 4 is 11.9 Å². The van der Waals surface area contributed by atoms with Crippen LogP contribution in [0.1, 0.15) is 44.9 Å². The van der Waals surface area contributed by atoms with Gasteiger partial charge in [0.05, 0.1) is 12.0 Å². The number of likely N-dealkylation sites (N-methyl/N-ethyl adjacent to an activating group) is 1. The third kappa shape index (κ3) is 3.95. The molecule has 2 aliphatic carbocycles. The van der Waals surface area contributed by atoms with E-state index in [0.29, 0.717) is 26.0 Å². The lowest BCUT2D eigenvalue weighted by Gasteiger charge is -2.26. The third-order valence-corrected chi connectivity index (χ3v) is 4.55. The summed E-state index contributed by atoms with van der Waals surface area (Å²) in [6, 6.07) is 0. The molecule has 5 nitrogen and oxygen atoms in total. The zero-order valence-electron chi connectivity index (χ0n) is 12.3. The van der Waals surface area contributed by atoms with Crippen molar-refractivity contribution in [1.82, 2.24) is 4.90 Å². The Hall–Kier alpha value is -1.10. The van der Waals surface area contributed by atoms with Crippen LogP contribution in [0.15, 0.2) is 0 Å². The van der Waals surface area contributed by atoms with Crippen LogP contribution < -0.4 is 0 Å². The van der Waals surface area contributed by atoms with E-state index in [-0.39, 0.29) is 12.3 Å². The molecule has 2 fully saturated rings. The fraction of sp³-hybridized carbons (Fsp3) is 0.867. The Labute approximate surface area is 120 Å². The van der Waals surface area contributed by atoms with Crippen LogP contribution in [0.25, 0.3) is 0 Å². The topological polar surface area (TPSA) is 66.8 Å². The minimum atomic E-state index is -0.819. The molecule has 0 bridgehead atoms. The second-order valence-electron chi connectivity index (χ2n) is 6.30. The average molecular weight is 283 g/mol. The van der Waals surface area contributed by atoms with Crippen LogP contribution >= 0.6 is 0 Å². The highest BCUT2D eigenvalue weighted by molar-refractivity contribution is 5.85. The Morgan fingerprint density at radius 1 is 1.30 bits per heavy atom. The summed E-state index contributed by atoms with van der Waals surface area (Å²) in [4.78, 5) is 25.2. The number of hydrogen-bond acceptors (Lipinski definition) is 3. The molecule has 114 valence electrons. The molecule has 0 saturated heterocycles. The first-order valence-electron chi connectivity index (χ1n) is 7.59. The monoisotopic (exact) mass is 283 g/mol. The van der Waals surface area contributed by atoms with Crippen molar-refractivity contribution in [2.75, 3.05) is 26.8 Å². The lowest BCUT2D eigenvalue weighted by Crippen LogP contribution is -2.38. The normalized spacial score (nSPS) is 20.9. The Morgan fingerprint density at radius 2 is 1.95 bits per heavy atom. The van der Waals surface area contributed by atoms with Crippen molar-refractivity contribution in [3.63, 3.8) is 0 Å². The smallest absolute Gasteiger partial charge is 0.310 e. The van der Waals surface area contributed by atoms with Gasteiger partial charge in [-0.15, -0.1) is 0 Å². The molecule has 0 spiro atoms. The van der Waals surface area contributed by atoms with Gasteiger partial charge >= 0.3 is 5.97 Å². The van der Waals surface area contributed by atoms with E-state index >= 15 is 0 Å². The van der Waals surface area contributed by atoms with Crippen molar-refractivity contribution in [2.45, 2.75) is 44.9 Å². The van der Waals surface area contributed by atoms with Crippen molar-refractivity contribution < 1.29 is 19.4 Å². The summed E-state index contributed by atoms with van der Waals surface area (Å²) in [6.07, 6.45) is 5.72. The predicted octanol–water partition coefficient (Wildman–Crippen LogP) is 1.91. The molecule has 1 N–H and O–H groups in total. The summed E-state index contributed by atoms with van der Waals surface area (Å²) in [6.45, 7) is 1.88. The highest BCUT2D eigenvalue weighted by Gasteiger charge is 2.43. The van der Waals surface area contributed by atoms with E-state index in [1.807, 2.05) is 0 Å². The molecule has 0 aliphatic heterocycles. The van der Waals surface area contributed by atoms with Crippen molar-refractivity contribution in [3.05, 3.63) is 0 Å². The van der Waals surface area contributed by atoms with E-state index in [1.54, 1.807) is 11.9 Å². The van der Waals surface area contributed by atoms with Gasteiger partial charge in [0.15, 0.2) is 0 Å². The molecule has 0 aromatic rings. The molecule has 0 aromatic heterocycles. The second-order valence-corrected chi connectivity index (χ2v) is 6.30. The molecule has 2 rings (SSSR count). The van der Waals surface area contributed by atoms with Crippen LogP contribution in [-0.2, 0) is 14.3 Å². The molecule has 20 heavy (non-hydrogen) atoms. The molecule has 0 radical (unpaired) electrons. The van der Waals surface area contributed by atoms with Gasteiger partial charge in [-0.1, -0.05) is 12.8 Å². The summed E-state index contributed by atoms with van der Waals surface area (Å²) in [5.41, 5.74) is -0.819. The lowest BCUT2D eigenvalue weighted by molar-refractivity contribution is -0.153. The summed E-state index contributed by atoms with van der Waals surface area (Å²) in [5.74, 6) is -0.171. The molecule has 2 saturated carbocycles. The number of carboxylic acid groups (broad SMARTS) is 1. The number of ether oxygens (including phenoxy) is 1. The van der Waals surface area contributed by atoms with E-state index in [4.69, 9.17) is 4.74 Å². The fourth-order valence-electron chi connectivity index (χ4n) is 2.80. The molecular weight excluding hydrogens is 258 g/mol. The number of carboxylic acids is 1. The van der Waals surface area contributed by atoms with Gasteiger partial charge in [0, 0.05) is 26.6 Å². The maximum Gasteiger partial charge on any atom is 0.310 e. The Morgan fingerprint density at radius 3 is 2.50 bits per heavy atom. The number of carbonyl (C=O) groups excluding carboxylic acids is 1. The van der Waals surface area contributed by atoms with Gasteiger partial charge in [0.1, 0.15) is 0 Å². The van der Waals surface area contributed by atoms with E-state index in [1.165, 1.54) is 12.8 Å². The second kappa shape index (κ2) is 6.57. The zero-order chi connectivity index (χ0) is 14.6. The fourth-order valence-corrected chi connectivity index (χ4v) is 2.80. The third-order valence-electron chi connectivity index (χ3n) is 4.55. The molecule has 0 unspecified atom stereocenters. The molecule has 0 heterocycles. The van der Waals surface area contributed by atoms with Gasteiger partial charge in [-0.25, -0.2) is 0 Å². The van der Waals surface area contributed by atoms with E-state index in [0.717, 1.165) is 25.4 Å². The van der Waals surface area contributed by atoms with Gasteiger partial charge in [-0.05, 0) is 31.6 Å². The molecular formula is C15H25NO4. The minimum Gasteiger partial charge on any atom is -0.481 e. The first-order chi connectivity index (χ1) is 9.53. The number of hydrogen-bond donors (Lipinski definition) is 1. The first-order valence-corrected chi connectivity index (χ1v) is 7.59. The molecule has 0 aromatic carbocycles. The Bertz CT molecular complexity index is 359. The molecule has 0 atom stereocenters. The number of aliphatic carboxylic acids is 1. The van der Waals surface area contributed by atoms with Gasteiger partial charge in [-0.3, -0.25) is 9.59 Å². The summed E-state index contributed by atoms with van der Waals surface area (Å²) < 4.78 is 5.51. The molecule has 1 amide bonds.